The molecule has 2 heterocycles. The molecule has 110 valence electrons. The zero-order chi connectivity index (χ0) is 14.2. The number of alkyl halides is 3. The Morgan fingerprint density at radius 1 is 1.15 bits per heavy atom. The van der Waals surface area contributed by atoms with Gasteiger partial charge in [-0.1, -0.05) is 18.2 Å². The van der Waals surface area contributed by atoms with Crippen LogP contribution in [0.2, 0.25) is 0 Å². The van der Waals surface area contributed by atoms with Crippen LogP contribution in [0.4, 0.5) is 13.2 Å². The van der Waals surface area contributed by atoms with Gasteiger partial charge in [0.25, 0.3) is 0 Å². The molecule has 1 aromatic carbocycles. The molecule has 2 unspecified atom stereocenters. The molecule has 5 heteroatoms. The fraction of sp³-hybridized carbons (Fsp3) is 0.600. The van der Waals surface area contributed by atoms with E-state index in [1.54, 1.807) is 12.1 Å². The van der Waals surface area contributed by atoms with Crippen LogP contribution >= 0.6 is 0 Å². The van der Waals surface area contributed by atoms with Gasteiger partial charge in [-0.2, -0.15) is 13.2 Å². The summed E-state index contributed by atoms with van der Waals surface area (Å²) in [6.45, 7) is 2.51. The lowest BCUT2D eigenvalue weighted by atomic mass is 10.0. The first kappa shape index (κ1) is 13.9. The molecule has 0 bridgehead atoms. The van der Waals surface area contributed by atoms with E-state index in [2.05, 4.69) is 10.2 Å². The lowest BCUT2D eigenvalue weighted by Gasteiger charge is -2.22. The van der Waals surface area contributed by atoms with Crippen molar-refractivity contribution < 1.29 is 13.2 Å². The molecule has 3 rings (SSSR count). The fourth-order valence-electron chi connectivity index (χ4n) is 3.51. The van der Waals surface area contributed by atoms with E-state index in [1.165, 1.54) is 18.9 Å². The number of nitrogens with zero attached hydrogens (tertiary/aromatic N) is 1. The molecule has 0 radical (unpaired) electrons. The third kappa shape index (κ3) is 2.69. The third-order valence-corrected chi connectivity index (χ3v) is 4.48. The molecule has 2 atom stereocenters. The van der Waals surface area contributed by atoms with Gasteiger partial charge >= 0.3 is 6.18 Å². The summed E-state index contributed by atoms with van der Waals surface area (Å²) in [6, 6.07) is 6.69. The predicted molar refractivity (Wildman–Crippen MR) is 71.3 cm³/mol. The number of hydrogen-bond acceptors (Lipinski definition) is 2. The number of benzene rings is 1. The van der Waals surface area contributed by atoms with Gasteiger partial charge in [-0.15, -0.1) is 0 Å². The topological polar surface area (TPSA) is 15.3 Å². The molecule has 20 heavy (non-hydrogen) atoms. The van der Waals surface area contributed by atoms with Crippen LogP contribution in [0.15, 0.2) is 24.3 Å². The average Bonchev–Trinajstić information content (AvgIpc) is 2.99. The Balaban J connectivity index is 1.67. The van der Waals surface area contributed by atoms with Crippen LogP contribution in [0.5, 0.6) is 0 Å². The first-order chi connectivity index (χ1) is 9.55. The van der Waals surface area contributed by atoms with Gasteiger partial charge in [0.05, 0.1) is 5.56 Å². The second-order valence-corrected chi connectivity index (χ2v) is 5.68. The van der Waals surface area contributed by atoms with Gasteiger partial charge in [0.1, 0.15) is 0 Å². The van der Waals surface area contributed by atoms with Crippen molar-refractivity contribution in [3.63, 3.8) is 0 Å². The average molecular weight is 284 g/mol. The first-order valence-electron chi connectivity index (χ1n) is 7.18. The maximum atomic E-state index is 12.9. The maximum absolute atomic E-state index is 12.9. The number of halogens is 3. The van der Waals surface area contributed by atoms with Crippen molar-refractivity contribution in [2.75, 3.05) is 13.1 Å². The Labute approximate surface area is 117 Å². The van der Waals surface area contributed by atoms with E-state index in [9.17, 15) is 13.2 Å². The van der Waals surface area contributed by atoms with Crippen LogP contribution < -0.4 is 5.32 Å². The Morgan fingerprint density at radius 3 is 2.75 bits per heavy atom. The van der Waals surface area contributed by atoms with Crippen LogP contribution in [0.1, 0.15) is 30.4 Å². The van der Waals surface area contributed by atoms with Gasteiger partial charge in [0.2, 0.25) is 0 Å². The molecule has 0 aliphatic carbocycles. The number of rotatable bonds is 3. The fourth-order valence-corrected chi connectivity index (χ4v) is 3.51. The molecule has 2 saturated heterocycles. The van der Waals surface area contributed by atoms with Gasteiger partial charge in [-0.05, 0) is 37.4 Å². The quantitative estimate of drug-likeness (QED) is 0.918. The van der Waals surface area contributed by atoms with Crippen molar-refractivity contribution in [1.82, 2.24) is 10.2 Å². The lowest BCUT2D eigenvalue weighted by molar-refractivity contribution is -0.138. The molecule has 0 saturated carbocycles. The Morgan fingerprint density at radius 2 is 1.95 bits per heavy atom. The second kappa shape index (κ2) is 5.37. The minimum atomic E-state index is -4.27. The van der Waals surface area contributed by atoms with E-state index in [4.69, 9.17) is 0 Å². The highest BCUT2D eigenvalue weighted by molar-refractivity contribution is 5.29. The molecule has 0 amide bonds. The summed E-state index contributed by atoms with van der Waals surface area (Å²) in [5, 5.41) is 3.34. The molecule has 1 N–H and O–H groups in total. The highest BCUT2D eigenvalue weighted by Gasteiger charge is 2.37. The smallest absolute Gasteiger partial charge is 0.308 e. The van der Waals surface area contributed by atoms with Crippen LogP contribution in [0, 0.1) is 0 Å². The van der Waals surface area contributed by atoms with Gasteiger partial charge in [0.15, 0.2) is 0 Å². The van der Waals surface area contributed by atoms with Crippen molar-refractivity contribution in [1.29, 1.82) is 0 Å². The standard InChI is InChI=1S/C15H19F3N2/c16-15(17,18)12-5-2-1-4-11(12)10-19-13-7-9-20-8-3-6-14(13)20/h1-2,4-5,13-14,19H,3,6-10H2. The van der Waals surface area contributed by atoms with Gasteiger partial charge in [0, 0.05) is 25.2 Å². The number of fused-ring (bicyclic) bond motifs is 1. The summed E-state index contributed by atoms with van der Waals surface area (Å²) in [7, 11) is 0. The minimum Gasteiger partial charge on any atom is -0.308 e. The molecule has 2 aliphatic rings. The van der Waals surface area contributed by atoms with Crippen molar-refractivity contribution in [2.45, 2.75) is 44.1 Å². The van der Waals surface area contributed by atoms with Crippen molar-refractivity contribution in [3.05, 3.63) is 35.4 Å². The van der Waals surface area contributed by atoms with E-state index >= 15 is 0 Å². The largest absolute Gasteiger partial charge is 0.416 e. The van der Waals surface area contributed by atoms with E-state index in [0.29, 0.717) is 24.2 Å². The SMILES string of the molecule is FC(F)(F)c1ccccc1CNC1CCN2CCCC12. The molecule has 1 aromatic rings. The van der Waals surface area contributed by atoms with Crippen molar-refractivity contribution >= 4 is 0 Å². The molecule has 2 fully saturated rings. The van der Waals surface area contributed by atoms with Gasteiger partial charge < -0.3 is 5.32 Å². The summed E-state index contributed by atoms with van der Waals surface area (Å²) >= 11 is 0. The van der Waals surface area contributed by atoms with Crippen LogP contribution in [0.3, 0.4) is 0 Å². The van der Waals surface area contributed by atoms with Crippen LogP contribution in [-0.4, -0.2) is 30.1 Å². The summed E-state index contributed by atoms with van der Waals surface area (Å²) in [5.74, 6) is 0. The van der Waals surface area contributed by atoms with E-state index < -0.39 is 11.7 Å². The Kier molecular flexibility index (Phi) is 3.73. The summed E-state index contributed by atoms with van der Waals surface area (Å²) in [5.41, 5.74) is -0.176. The molecular formula is C15H19F3N2. The highest BCUT2D eigenvalue weighted by atomic mass is 19.4. The summed E-state index contributed by atoms with van der Waals surface area (Å²) in [6.07, 6.45) is -0.854. The zero-order valence-electron chi connectivity index (χ0n) is 11.3. The first-order valence-corrected chi connectivity index (χ1v) is 7.18. The summed E-state index contributed by atoms with van der Waals surface area (Å²) in [4.78, 5) is 2.45. The zero-order valence-corrected chi connectivity index (χ0v) is 11.3. The van der Waals surface area contributed by atoms with E-state index in [1.807, 2.05) is 0 Å². The molecular weight excluding hydrogens is 265 g/mol. The third-order valence-electron chi connectivity index (χ3n) is 4.48. The van der Waals surface area contributed by atoms with Gasteiger partial charge in [-0.3, -0.25) is 4.90 Å². The van der Waals surface area contributed by atoms with Crippen LogP contribution in [0.25, 0.3) is 0 Å². The lowest BCUT2D eigenvalue weighted by Crippen LogP contribution is -2.39. The minimum absolute atomic E-state index is 0.296. The monoisotopic (exact) mass is 284 g/mol. The molecule has 0 aromatic heterocycles. The van der Waals surface area contributed by atoms with Crippen LogP contribution in [-0.2, 0) is 12.7 Å². The van der Waals surface area contributed by atoms with Crippen molar-refractivity contribution in [3.8, 4) is 0 Å². The Hall–Kier alpha value is -1.07. The van der Waals surface area contributed by atoms with Crippen molar-refractivity contribution in [2.24, 2.45) is 0 Å². The molecule has 2 nitrogen and oxygen atoms in total. The number of nitrogens with one attached hydrogen (secondary N) is 1. The van der Waals surface area contributed by atoms with E-state index in [-0.39, 0.29) is 0 Å². The maximum Gasteiger partial charge on any atom is 0.416 e. The second-order valence-electron chi connectivity index (χ2n) is 5.68. The normalized spacial score (nSPS) is 26.9. The predicted octanol–water partition coefficient (Wildman–Crippen LogP) is 3.03. The summed E-state index contributed by atoms with van der Waals surface area (Å²) < 4.78 is 38.8. The molecule has 0 spiro atoms. The number of hydrogen-bond donors (Lipinski definition) is 1. The highest BCUT2D eigenvalue weighted by Crippen LogP contribution is 2.32. The van der Waals surface area contributed by atoms with E-state index in [0.717, 1.165) is 25.6 Å². The molecule has 2 aliphatic heterocycles. The van der Waals surface area contributed by atoms with Gasteiger partial charge in [-0.25, -0.2) is 0 Å². The Bertz CT molecular complexity index is 472.